The van der Waals surface area contributed by atoms with Crippen molar-refractivity contribution in [2.45, 2.75) is 58.6 Å². The molecular weight excluding hydrogens is 282 g/mol. The molecule has 2 N–H and O–H groups in total. The van der Waals surface area contributed by atoms with Crippen LogP contribution in [0.5, 0.6) is 0 Å². The Hall–Kier alpha value is -0.650. The molecule has 1 fully saturated rings. The number of anilines is 1. The number of aromatic nitrogens is 1. The number of nitrogens with one attached hydrogen (secondary N) is 1. The molecular formula is C16H29N3OS. The summed E-state index contributed by atoms with van der Waals surface area (Å²) in [5.41, 5.74) is 0.498. The van der Waals surface area contributed by atoms with Crippen molar-refractivity contribution < 1.29 is 5.11 Å². The molecule has 1 saturated heterocycles. The Morgan fingerprint density at radius 1 is 1.52 bits per heavy atom. The summed E-state index contributed by atoms with van der Waals surface area (Å²) < 4.78 is 0. The molecule has 1 aromatic heterocycles. The van der Waals surface area contributed by atoms with Crippen LogP contribution >= 0.6 is 11.3 Å². The monoisotopic (exact) mass is 311 g/mol. The second kappa shape index (κ2) is 7.07. The van der Waals surface area contributed by atoms with Crippen molar-refractivity contribution in [3.63, 3.8) is 0 Å². The van der Waals surface area contributed by atoms with Gasteiger partial charge < -0.3 is 15.3 Å². The number of nitrogens with zero attached hydrogens (tertiary/aromatic N) is 2. The van der Waals surface area contributed by atoms with Crippen LogP contribution in [-0.2, 0) is 0 Å². The zero-order chi connectivity index (χ0) is 15.5. The highest BCUT2D eigenvalue weighted by atomic mass is 32.1. The van der Waals surface area contributed by atoms with Crippen LogP contribution in [0.2, 0.25) is 0 Å². The lowest BCUT2D eigenvalue weighted by atomic mass is 9.88. The van der Waals surface area contributed by atoms with Gasteiger partial charge in [-0.25, -0.2) is 4.98 Å². The Balaban J connectivity index is 1.77. The molecule has 2 unspecified atom stereocenters. The summed E-state index contributed by atoms with van der Waals surface area (Å²) >= 11 is 1.74. The van der Waals surface area contributed by atoms with Gasteiger partial charge in [0.1, 0.15) is 0 Å². The summed E-state index contributed by atoms with van der Waals surface area (Å²) in [7, 11) is 0. The quantitative estimate of drug-likeness (QED) is 0.848. The third kappa shape index (κ3) is 4.41. The lowest BCUT2D eigenvalue weighted by Crippen LogP contribution is -2.49. The second-order valence-corrected chi connectivity index (χ2v) is 7.42. The van der Waals surface area contributed by atoms with Gasteiger partial charge in [0.25, 0.3) is 0 Å². The fraction of sp³-hybridized carbons (Fsp3) is 0.812. The van der Waals surface area contributed by atoms with Crippen molar-refractivity contribution in [1.82, 2.24) is 10.3 Å². The highest BCUT2D eigenvalue weighted by molar-refractivity contribution is 7.13. The number of piperidine rings is 1. The Labute approximate surface area is 132 Å². The summed E-state index contributed by atoms with van der Waals surface area (Å²) in [6, 6.07) is 0.512. The fourth-order valence-electron chi connectivity index (χ4n) is 2.73. The number of aliphatic hydroxyl groups is 1. The van der Waals surface area contributed by atoms with Crippen LogP contribution in [-0.4, -0.2) is 41.4 Å². The Kier molecular flexibility index (Phi) is 5.63. The van der Waals surface area contributed by atoms with Crippen LogP contribution in [0.25, 0.3) is 0 Å². The summed E-state index contributed by atoms with van der Waals surface area (Å²) in [6.45, 7) is 11.0. The predicted octanol–water partition coefficient (Wildman–Crippen LogP) is 2.81. The maximum atomic E-state index is 10.5. The van der Waals surface area contributed by atoms with E-state index in [4.69, 9.17) is 0 Å². The molecule has 0 aromatic carbocycles. The number of hydrogen-bond donors (Lipinski definition) is 2. The van der Waals surface area contributed by atoms with Gasteiger partial charge in [0.2, 0.25) is 0 Å². The van der Waals surface area contributed by atoms with E-state index in [1.165, 1.54) is 0 Å². The standard InChI is InChI=1S/C16H29N3OS/c1-5-12(2)16(4,20)11-17-14-6-8-19(9-7-14)15-18-13(3)10-21-15/h10,12,14,17,20H,5-9,11H2,1-4H3. The zero-order valence-electron chi connectivity index (χ0n) is 13.7. The van der Waals surface area contributed by atoms with E-state index < -0.39 is 5.60 Å². The number of thiazole rings is 1. The summed E-state index contributed by atoms with van der Waals surface area (Å²) in [4.78, 5) is 6.94. The highest BCUT2D eigenvalue weighted by Crippen LogP contribution is 2.24. The zero-order valence-corrected chi connectivity index (χ0v) is 14.5. The Morgan fingerprint density at radius 3 is 2.71 bits per heavy atom. The van der Waals surface area contributed by atoms with Gasteiger partial charge >= 0.3 is 0 Å². The van der Waals surface area contributed by atoms with E-state index in [0.717, 1.165) is 43.2 Å². The summed E-state index contributed by atoms with van der Waals surface area (Å²) in [5, 5.41) is 17.3. The summed E-state index contributed by atoms with van der Waals surface area (Å²) in [6.07, 6.45) is 3.25. The third-order valence-corrected chi connectivity index (χ3v) is 5.81. The number of hydrogen-bond acceptors (Lipinski definition) is 5. The van der Waals surface area contributed by atoms with Crippen LogP contribution in [0, 0.1) is 12.8 Å². The van der Waals surface area contributed by atoms with E-state index in [9.17, 15) is 5.11 Å². The largest absolute Gasteiger partial charge is 0.389 e. The summed E-state index contributed by atoms with van der Waals surface area (Å²) in [5.74, 6) is 0.323. The minimum atomic E-state index is -0.613. The van der Waals surface area contributed by atoms with Crippen molar-refractivity contribution in [3.8, 4) is 0 Å². The average molecular weight is 311 g/mol. The van der Waals surface area contributed by atoms with Crippen molar-refractivity contribution in [3.05, 3.63) is 11.1 Å². The van der Waals surface area contributed by atoms with Gasteiger partial charge in [0, 0.05) is 31.1 Å². The third-order valence-electron chi connectivity index (χ3n) is 4.80. The van der Waals surface area contributed by atoms with Gasteiger partial charge in [0.15, 0.2) is 5.13 Å². The molecule has 0 spiro atoms. The molecule has 1 aliphatic heterocycles. The Bertz CT molecular complexity index is 438. The predicted molar refractivity (Wildman–Crippen MR) is 90.2 cm³/mol. The van der Waals surface area contributed by atoms with Crippen molar-refractivity contribution in [2.24, 2.45) is 5.92 Å². The highest BCUT2D eigenvalue weighted by Gasteiger charge is 2.29. The van der Waals surface area contributed by atoms with Crippen LogP contribution < -0.4 is 10.2 Å². The molecule has 0 aliphatic carbocycles. The molecule has 1 aromatic rings. The first-order valence-electron chi connectivity index (χ1n) is 8.05. The average Bonchev–Trinajstić information content (AvgIpc) is 2.91. The van der Waals surface area contributed by atoms with Crippen molar-refractivity contribution in [1.29, 1.82) is 0 Å². The number of aryl methyl sites for hydroxylation is 1. The van der Waals surface area contributed by atoms with E-state index in [1.807, 2.05) is 13.8 Å². The molecule has 2 rings (SSSR count). The minimum absolute atomic E-state index is 0.323. The lowest BCUT2D eigenvalue weighted by Gasteiger charge is -2.36. The molecule has 21 heavy (non-hydrogen) atoms. The van der Waals surface area contributed by atoms with Gasteiger partial charge in [-0.15, -0.1) is 11.3 Å². The Morgan fingerprint density at radius 2 is 2.19 bits per heavy atom. The van der Waals surface area contributed by atoms with Crippen LogP contribution in [0.4, 0.5) is 5.13 Å². The van der Waals surface area contributed by atoms with Crippen LogP contribution in [0.3, 0.4) is 0 Å². The molecule has 1 aliphatic rings. The first-order chi connectivity index (χ1) is 9.92. The SMILES string of the molecule is CCC(C)C(C)(O)CNC1CCN(c2nc(C)cs2)CC1. The first-order valence-corrected chi connectivity index (χ1v) is 8.93. The minimum Gasteiger partial charge on any atom is -0.389 e. The van der Waals surface area contributed by atoms with E-state index in [0.29, 0.717) is 18.5 Å². The molecule has 5 heteroatoms. The second-order valence-electron chi connectivity index (χ2n) is 6.58. The maximum absolute atomic E-state index is 10.5. The van der Waals surface area contributed by atoms with Gasteiger partial charge in [-0.05, 0) is 32.6 Å². The molecule has 120 valence electrons. The topological polar surface area (TPSA) is 48.4 Å². The van der Waals surface area contributed by atoms with E-state index in [2.05, 4.69) is 34.4 Å². The number of rotatable bonds is 6. The molecule has 0 saturated carbocycles. The molecule has 0 radical (unpaired) electrons. The van der Waals surface area contributed by atoms with Crippen LogP contribution in [0.15, 0.2) is 5.38 Å². The smallest absolute Gasteiger partial charge is 0.185 e. The maximum Gasteiger partial charge on any atom is 0.185 e. The van der Waals surface area contributed by atoms with Crippen molar-refractivity contribution >= 4 is 16.5 Å². The van der Waals surface area contributed by atoms with E-state index in [-0.39, 0.29) is 0 Å². The normalized spacial score (nSPS) is 21.3. The molecule has 0 bridgehead atoms. The molecule has 2 heterocycles. The van der Waals surface area contributed by atoms with Gasteiger partial charge in [0.05, 0.1) is 11.3 Å². The first kappa shape index (κ1) is 16.7. The van der Waals surface area contributed by atoms with E-state index >= 15 is 0 Å². The van der Waals surface area contributed by atoms with Crippen molar-refractivity contribution in [2.75, 3.05) is 24.5 Å². The van der Waals surface area contributed by atoms with Gasteiger partial charge in [-0.3, -0.25) is 0 Å². The molecule has 2 atom stereocenters. The van der Waals surface area contributed by atoms with E-state index in [1.54, 1.807) is 11.3 Å². The molecule has 0 amide bonds. The van der Waals surface area contributed by atoms with Gasteiger partial charge in [-0.1, -0.05) is 20.3 Å². The van der Waals surface area contributed by atoms with Gasteiger partial charge in [-0.2, -0.15) is 0 Å². The molecule has 4 nitrogen and oxygen atoms in total. The van der Waals surface area contributed by atoms with Crippen LogP contribution in [0.1, 0.15) is 45.7 Å². The lowest BCUT2D eigenvalue weighted by molar-refractivity contribution is 0.00268. The fourth-order valence-corrected chi connectivity index (χ4v) is 3.58.